The van der Waals surface area contributed by atoms with E-state index in [0.29, 0.717) is 18.0 Å². The van der Waals surface area contributed by atoms with Gasteiger partial charge < -0.3 is 5.32 Å². The number of aromatic nitrogens is 5. The van der Waals surface area contributed by atoms with Gasteiger partial charge in [-0.05, 0) is 31.0 Å². The summed E-state index contributed by atoms with van der Waals surface area (Å²) in [4.78, 5) is 21.9. The molecule has 0 aliphatic carbocycles. The average molecular weight is 403 g/mol. The van der Waals surface area contributed by atoms with E-state index in [4.69, 9.17) is 4.98 Å². The molecule has 30 heavy (non-hydrogen) atoms. The van der Waals surface area contributed by atoms with Gasteiger partial charge in [-0.25, -0.2) is 19.3 Å². The lowest BCUT2D eigenvalue weighted by Crippen LogP contribution is -2.23. The number of aromatic amines is 1. The van der Waals surface area contributed by atoms with Crippen LogP contribution in [0, 0.1) is 6.92 Å². The molecule has 0 atom stereocenters. The zero-order chi connectivity index (χ0) is 21.3. The molecule has 4 aromatic rings. The number of rotatable bonds is 5. The van der Waals surface area contributed by atoms with Gasteiger partial charge in [0.1, 0.15) is 0 Å². The molecule has 0 aliphatic heterocycles. The number of nitrogens with zero attached hydrogens (tertiary/aromatic N) is 4. The number of H-pyrrole nitrogens is 1. The molecule has 0 saturated heterocycles. The number of hydrogen-bond acceptors (Lipinski definition) is 5. The Morgan fingerprint density at radius 3 is 2.70 bits per heavy atom. The van der Waals surface area contributed by atoms with Crippen molar-refractivity contribution in [2.75, 3.05) is 11.9 Å². The van der Waals surface area contributed by atoms with Gasteiger partial charge in [0.2, 0.25) is 5.65 Å². The summed E-state index contributed by atoms with van der Waals surface area (Å²) in [6, 6.07) is 12.1. The Labute approximate surface area is 175 Å². The van der Waals surface area contributed by atoms with Gasteiger partial charge in [-0.15, -0.1) is 5.10 Å². The van der Waals surface area contributed by atoms with Gasteiger partial charge in [0, 0.05) is 29.9 Å². The third-order valence-corrected chi connectivity index (χ3v) is 4.99. The molecule has 7 heteroatoms. The van der Waals surface area contributed by atoms with Crippen LogP contribution in [0.1, 0.15) is 37.6 Å². The minimum atomic E-state index is -0.274. The summed E-state index contributed by atoms with van der Waals surface area (Å²) < 4.78 is 1.63. The molecule has 0 aliphatic rings. The minimum Gasteiger partial charge on any atom is -0.367 e. The lowest BCUT2D eigenvalue weighted by Gasteiger charge is -2.24. The zero-order valence-corrected chi connectivity index (χ0v) is 17.7. The van der Waals surface area contributed by atoms with E-state index in [0.717, 1.165) is 34.5 Å². The third kappa shape index (κ3) is 3.83. The quantitative estimate of drug-likeness (QED) is 0.531. The van der Waals surface area contributed by atoms with Gasteiger partial charge in [0.15, 0.2) is 5.82 Å². The molecule has 0 spiro atoms. The molecule has 0 fully saturated rings. The predicted molar refractivity (Wildman–Crippen MR) is 119 cm³/mol. The van der Waals surface area contributed by atoms with Crippen molar-refractivity contribution in [3.05, 3.63) is 76.1 Å². The molecule has 0 saturated carbocycles. The maximum absolute atomic E-state index is 12.8. The number of hydrogen-bond donors (Lipinski definition) is 2. The second kappa shape index (κ2) is 7.74. The van der Waals surface area contributed by atoms with Crippen LogP contribution >= 0.6 is 0 Å². The number of pyridine rings is 1. The molecule has 2 N–H and O–H groups in total. The predicted octanol–water partition coefficient (Wildman–Crippen LogP) is 3.74. The molecule has 3 heterocycles. The lowest BCUT2D eigenvalue weighted by molar-refractivity contribution is 0.567. The fraction of sp³-hybridized carbons (Fsp3) is 0.304. The summed E-state index contributed by atoms with van der Waals surface area (Å²) in [7, 11) is 0. The maximum Gasteiger partial charge on any atom is 0.348 e. The number of aryl methyl sites for hydroxylation is 1. The summed E-state index contributed by atoms with van der Waals surface area (Å²) >= 11 is 0. The monoisotopic (exact) mass is 402 g/mol. The van der Waals surface area contributed by atoms with Gasteiger partial charge in [-0.1, -0.05) is 50.6 Å². The van der Waals surface area contributed by atoms with Crippen LogP contribution in [-0.4, -0.2) is 31.1 Å². The Hall–Kier alpha value is -3.48. The molecule has 154 valence electrons. The van der Waals surface area contributed by atoms with Gasteiger partial charge in [0.25, 0.3) is 0 Å². The van der Waals surface area contributed by atoms with Gasteiger partial charge in [0.05, 0.1) is 11.4 Å². The smallest absolute Gasteiger partial charge is 0.348 e. The van der Waals surface area contributed by atoms with Crippen LogP contribution in [0.4, 0.5) is 5.82 Å². The Balaban J connectivity index is 1.83. The fourth-order valence-corrected chi connectivity index (χ4v) is 3.55. The first-order valence-electron chi connectivity index (χ1n) is 10.1. The largest absolute Gasteiger partial charge is 0.367 e. The summed E-state index contributed by atoms with van der Waals surface area (Å²) in [5, 5.41) is 10.2. The van der Waals surface area contributed by atoms with Crippen molar-refractivity contribution in [1.82, 2.24) is 24.6 Å². The van der Waals surface area contributed by atoms with Crippen molar-refractivity contribution >= 4 is 11.5 Å². The summed E-state index contributed by atoms with van der Waals surface area (Å²) in [5.41, 5.74) is 4.77. The number of nitrogens with one attached hydrogen (secondary N) is 2. The molecule has 4 rings (SSSR count). The summed E-state index contributed by atoms with van der Waals surface area (Å²) in [6.07, 6.45) is 4.41. The number of fused-ring (bicyclic) bond motifs is 1. The highest BCUT2D eigenvalue weighted by molar-refractivity contribution is 5.73. The Morgan fingerprint density at radius 2 is 2.00 bits per heavy atom. The standard InChI is InChI=1S/C23H26N6O/c1-15-7-5-9-17(13-15)18-19(23(2,3)4)26-20(21-27-28-22(30)29(18)21)25-12-10-16-8-6-11-24-14-16/h5-9,11,13-14H,10,12H2,1-4H3,(H,25,26)(H,28,30). The molecular weight excluding hydrogens is 376 g/mol. The lowest BCUT2D eigenvalue weighted by atomic mass is 9.88. The third-order valence-electron chi connectivity index (χ3n) is 4.99. The van der Waals surface area contributed by atoms with E-state index in [9.17, 15) is 4.79 Å². The van der Waals surface area contributed by atoms with Crippen molar-refractivity contribution < 1.29 is 0 Å². The van der Waals surface area contributed by atoms with Crippen LogP contribution in [0.25, 0.3) is 16.9 Å². The molecule has 0 unspecified atom stereocenters. The first-order chi connectivity index (χ1) is 14.3. The van der Waals surface area contributed by atoms with Crippen molar-refractivity contribution in [2.24, 2.45) is 0 Å². The first-order valence-corrected chi connectivity index (χ1v) is 10.1. The van der Waals surface area contributed by atoms with E-state index in [1.807, 2.05) is 43.5 Å². The first kappa shape index (κ1) is 19.8. The highest BCUT2D eigenvalue weighted by Gasteiger charge is 2.27. The summed E-state index contributed by atoms with van der Waals surface area (Å²) in [5.74, 6) is 0.596. The molecule has 7 nitrogen and oxygen atoms in total. The molecule has 3 aromatic heterocycles. The molecule has 0 radical (unpaired) electrons. The van der Waals surface area contributed by atoms with Gasteiger partial charge in [-0.2, -0.15) is 0 Å². The Morgan fingerprint density at radius 1 is 1.17 bits per heavy atom. The van der Waals surface area contributed by atoms with E-state index < -0.39 is 0 Å². The van der Waals surface area contributed by atoms with E-state index in [2.05, 4.69) is 47.3 Å². The second-order valence-corrected chi connectivity index (χ2v) is 8.50. The fourth-order valence-electron chi connectivity index (χ4n) is 3.55. The minimum absolute atomic E-state index is 0.273. The average Bonchev–Trinajstić information content (AvgIpc) is 3.10. The topological polar surface area (TPSA) is 88.0 Å². The van der Waals surface area contributed by atoms with Gasteiger partial charge in [-0.3, -0.25) is 4.98 Å². The van der Waals surface area contributed by atoms with Crippen molar-refractivity contribution in [3.8, 4) is 11.3 Å². The van der Waals surface area contributed by atoms with E-state index in [1.54, 1.807) is 10.6 Å². The molecular formula is C23H26N6O. The normalized spacial score (nSPS) is 11.7. The highest BCUT2D eigenvalue weighted by Crippen LogP contribution is 2.33. The Bertz CT molecular complexity index is 1230. The van der Waals surface area contributed by atoms with Crippen molar-refractivity contribution in [2.45, 2.75) is 39.5 Å². The van der Waals surface area contributed by atoms with Crippen LogP contribution in [0.3, 0.4) is 0 Å². The Kier molecular flexibility index (Phi) is 5.11. The molecule has 1 aromatic carbocycles. The van der Waals surface area contributed by atoms with Gasteiger partial charge >= 0.3 is 5.69 Å². The zero-order valence-electron chi connectivity index (χ0n) is 17.7. The van der Waals surface area contributed by atoms with Crippen molar-refractivity contribution in [1.29, 1.82) is 0 Å². The molecule has 0 bridgehead atoms. The van der Waals surface area contributed by atoms with Crippen LogP contribution in [0.5, 0.6) is 0 Å². The maximum atomic E-state index is 12.8. The highest BCUT2D eigenvalue weighted by atomic mass is 16.1. The van der Waals surface area contributed by atoms with Crippen molar-refractivity contribution in [3.63, 3.8) is 0 Å². The SMILES string of the molecule is Cc1cccc(-c2c(C(C)(C)C)nc(NCCc3cccnc3)c3n[nH]c(=O)n23)c1. The second-order valence-electron chi connectivity index (χ2n) is 8.50. The van der Waals surface area contributed by atoms with Crippen LogP contribution < -0.4 is 11.0 Å². The van der Waals surface area contributed by atoms with E-state index >= 15 is 0 Å². The van der Waals surface area contributed by atoms with E-state index in [1.165, 1.54) is 0 Å². The van der Waals surface area contributed by atoms with E-state index in [-0.39, 0.29) is 11.1 Å². The molecule has 0 amide bonds. The van der Waals surface area contributed by atoms with Crippen LogP contribution in [0.15, 0.2) is 53.6 Å². The number of benzene rings is 1. The van der Waals surface area contributed by atoms with Crippen LogP contribution in [0.2, 0.25) is 0 Å². The van der Waals surface area contributed by atoms with Crippen LogP contribution in [-0.2, 0) is 11.8 Å². The summed E-state index contributed by atoms with van der Waals surface area (Å²) in [6.45, 7) is 9.00. The number of anilines is 1.